The number of nitrogens with zero attached hydrogens (tertiary/aromatic N) is 4. The first-order valence-electron chi connectivity index (χ1n) is 7.89. The van der Waals surface area contributed by atoms with Gasteiger partial charge in [-0.1, -0.05) is 0 Å². The number of anilines is 1. The molecule has 2 aromatic rings. The Hall–Kier alpha value is -2.31. The lowest BCUT2D eigenvalue weighted by Gasteiger charge is -2.40. The zero-order valence-corrected chi connectivity index (χ0v) is 14.0. The molecule has 3 heterocycles. The number of hydrogen-bond acceptors (Lipinski definition) is 5. The van der Waals surface area contributed by atoms with Crippen LogP contribution in [0.1, 0.15) is 27.7 Å². The van der Waals surface area contributed by atoms with Gasteiger partial charge in [0.25, 0.3) is 0 Å². The normalized spacial score (nSPS) is 19.2. The summed E-state index contributed by atoms with van der Waals surface area (Å²) in [6.45, 7) is 9.66. The first-order chi connectivity index (χ1) is 10.8. The number of H-pyrrole nitrogens is 1. The first kappa shape index (κ1) is 15.6. The minimum atomic E-state index is -0.470. The number of piperazine rings is 1. The van der Waals surface area contributed by atoms with E-state index in [9.17, 15) is 4.79 Å². The van der Waals surface area contributed by atoms with Crippen molar-refractivity contribution in [2.24, 2.45) is 0 Å². The van der Waals surface area contributed by atoms with E-state index in [1.54, 1.807) is 11.1 Å². The first-order valence-corrected chi connectivity index (χ1v) is 7.89. The van der Waals surface area contributed by atoms with Crippen LogP contribution in [0.3, 0.4) is 0 Å². The highest BCUT2D eigenvalue weighted by Gasteiger charge is 2.31. The molecule has 23 heavy (non-hydrogen) atoms. The fraction of sp³-hybridized carbons (Fsp3) is 0.562. The molecule has 7 nitrogen and oxygen atoms in total. The third-order valence-electron chi connectivity index (χ3n) is 3.80. The van der Waals surface area contributed by atoms with Crippen LogP contribution in [0.15, 0.2) is 18.3 Å². The SMILES string of the molecule is CC1CN(C(=O)OC(C)(C)C)CCN1c1nc2ncccc2[nH]1. The predicted octanol–water partition coefficient (Wildman–Crippen LogP) is 2.40. The van der Waals surface area contributed by atoms with Gasteiger partial charge in [-0.15, -0.1) is 0 Å². The fourth-order valence-electron chi connectivity index (χ4n) is 2.73. The van der Waals surface area contributed by atoms with Gasteiger partial charge in [-0.05, 0) is 39.8 Å². The van der Waals surface area contributed by atoms with E-state index in [0.29, 0.717) is 25.3 Å². The molecule has 0 bridgehead atoms. The van der Waals surface area contributed by atoms with E-state index in [-0.39, 0.29) is 12.1 Å². The zero-order valence-electron chi connectivity index (χ0n) is 14.0. The van der Waals surface area contributed by atoms with Gasteiger partial charge >= 0.3 is 6.09 Å². The van der Waals surface area contributed by atoms with Crippen LogP contribution in [0.25, 0.3) is 11.2 Å². The van der Waals surface area contributed by atoms with Gasteiger partial charge in [-0.2, -0.15) is 4.98 Å². The van der Waals surface area contributed by atoms with Crippen molar-refractivity contribution >= 4 is 23.2 Å². The molecule has 1 fully saturated rings. The maximum atomic E-state index is 12.2. The van der Waals surface area contributed by atoms with Crippen molar-refractivity contribution in [2.75, 3.05) is 24.5 Å². The van der Waals surface area contributed by atoms with E-state index in [4.69, 9.17) is 4.74 Å². The average molecular weight is 317 g/mol. The number of hydrogen-bond donors (Lipinski definition) is 1. The van der Waals surface area contributed by atoms with Gasteiger partial charge in [0, 0.05) is 31.9 Å². The minimum absolute atomic E-state index is 0.150. The van der Waals surface area contributed by atoms with E-state index < -0.39 is 5.60 Å². The van der Waals surface area contributed by atoms with E-state index >= 15 is 0 Å². The lowest BCUT2D eigenvalue weighted by molar-refractivity contribution is 0.0218. The van der Waals surface area contributed by atoms with Gasteiger partial charge in [0.15, 0.2) is 5.65 Å². The van der Waals surface area contributed by atoms with Gasteiger partial charge in [0.05, 0.1) is 5.52 Å². The molecule has 0 radical (unpaired) electrons. The van der Waals surface area contributed by atoms with Crippen molar-refractivity contribution in [3.63, 3.8) is 0 Å². The van der Waals surface area contributed by atoms with E-state index in [1.807, 2.05) is 32.9 Å². The summed E-state index contributed by atoms with van der Waals surface area (Å²) in [5, 5.41) is 0. The molecule has 1 unspecified atom stereocenters. The van der Waals surface area contributed by atoms with E-state index in [2.05, 4.69) is 26.8 Å². The zero-order chi connectivity index (χ0) is 16.6. The fourth-order valence-corrected chi connectivity index (χ4v) is 2.73. The summed E-state index contributed by atoms with van der Waals surface area (Å²) < 4.78 is 5.45. The second-order valence-electron chi connectivity index (χ2n) is 6.90. The van der Waals surface area contributed by atoms with Crippen LogP contribution in [-0.2, 0) is 4.74 Å². The van der Waals surface area contributed by atoms with Crippen LogP contribution in [0.2, 0.25) is 0 Å². The van der Waals surface area contributed by atoms with Crippen molar-refractivity contribution in [2.45, 2.75) is 39.3 Å². The van der Waals surface area contributed by atoms with Crippen molar-refractivity contribution in [1.82, 2.24) is 19.9 Å². The van der Waals surface area contributed by atoms with E-state index in [1.165, 1.54) is 0 Å². The highest BCUT2D eigenvalue weighted by molar-refractivity contribution is 5.73. The Kier molecular flexibility index (Phi) is 3.87. The maximum absolute atomic E-state index is 12.2. The second-order valence-corrected chi connectivity index (χ2v) is 6.90. The number of aromatic nitrogens is 3. The molecule has 0 saturated carbocycles. The smallest absolute Gasteiger partial charge is 0.410 e. The number of amides is 1. The highest BCUT2D eigenvalue weighted by Crippen LogP contribution is 2.21. The molecule has 124 valence electrons. The summed E-state index contributed by atoms with van der Waals surface area (Å²) >= 11 is 0. The Bertz CT molecular complexity index is 673. The van der Waals surface area contributed by atoms with Crippen LogP contribution in [-0.4, -0.2) is 57.2 Å². The Labute approximate surface area is 135 Å². The molecule has 1 saturated heterocycles. The van der Waals surface area contributed by atoms with Crippen molar-refractivity contribution < 1.29 is 9.53 Å². The van der Waals surface area contributed by atoms with Crippen LogP contribution >= 0.6 is 0 Å². The molecule has 1 N–H and O–H groups in total. The molecule has 3 rings (SSSR count). The molecule has 1 aliphatic rings. The number of rotatable bonds is 1. The molecule has 1 aliphatic heterocycles. The largest absolute Gasteiger partial charge is 0.444 e. The summed E-state index contributed by atoms with van der Waals surface area (Å²) in [5.41, 5.74) is 1.16. The highest BCUT2D eigenvalue weighted by atomic mass is 16.6. The van der Waals surface area contributed by atoms with Crippen molar-refractivity contribution in [3.05, 3.63) is 18.3 Å². The monoisotopic (exact) mass is 317 g/mol. The molecule has 7 heteroatoms. The molecule has 1 atom stereocenters. The van der Waals surface area contributed by atoms with Gasteiger partial charge in [-0.3, -0.25) is 0 Å². The number of nitrogens with one attached hydrogen (secondary N) is 1. The number of fused-ring (bicyclic) bond motifs is 1. The van der Waals surface area contributed by atoms with Crippen LogP contribution in [0.4, 0.5) is 10.7 Å². The van der Waals surface area contributed by atoms with E-state index in [0.717, 1.165) is 11.5 Å². The lowest BCUT2D eigenvalue weighted by Crippen LogP contribution is -2.54. The number of carbonyl (C=O) groups excluding carboxylic acids is 1. The maximum Gasteiger partial charge on any atom is 0.410 e. The third kappa shape index (κ3) is 3.38. The summed E-state index contributed by atoms with van der Waals surface area (Å²) in [6, 6.07) is 3.99. The summed E-state index contributed by atoms with van der Waals surface area (Å²) in [5.74, 6) is 0.801. The Morgan fingerprint density at radius 2 is 2.17 bits per heavy atom. The third-order valence-corrected chi connectivity index (χ3v) is 3.80. The quantitative estimate of drug-likeness (QED) is 0.874. The van der Waals surface area contributed by atoms with Crippen molar-refractivity contribution in [3.8, 4) is 0 Å². The second kappa shape index (κ2) is 5.72. The molecule has 0 aliphatic carbocycles. The molecule has 1 amide bonds. The molecule has 2 aromatic heterocycles. The minimum Gasteiger partial charge on any atom is -0.444 e. The van der Waals surface area contributed by atoms with Gasteiger partial charge in [-0.25, -0.2) is 9.78 Å². The Balaban J connectivity index is 1.70. The molecule has 0 spiro atoms. The lowest BCUT2D eigenvalue weighted by atomic mass is 10.2. The predicted molar refractivity (Wildman–Crippen MR) is 88.5 cm³/mol. The number of ether oxygens (including phenoxy) is 1. The number of pyridine rings is 1. The average Bonchev–Trinajstić information content (AvgIpc) is 2.88. The molecular weight excluding hydrogens is 294 g/mol. The Morgan fingerprint density at radius 3 is 2.83 bits per heavy atom. The summed E-state index contributed by atoms with van der Waals surface area (Å²) in [4.78, 5) is 28.2. The number of aromatic amines is 1. The van der Waals surface area contributed by atoms with Gasteiger partial charge in [0.2, 0.25) is 5.95 Å². The van der Waals surface area contributed by atoms with Crippen molar-refractivity contribution in [1.29, 1.82) is 0 Å². The van der Waals surface area contributed by atoms with Gasteiger partial charge in [0.1, 0.15) is 5.60 Å². The topological polar surface area (TPSA) is 74.3 Å². The number of imidazole rings is 1. The van der Waals surface area contributed by atoms with Crippen LogP contribution in [0.5, 0.6) is 0 Å². The Morgan fingerprint density at radius 1 is 1.39 bits per heavy atom. The van der Waals surface area contributed by atoms with Crippen LogP contribution < -0.4 is 4.90 Å². The van der Waals surface area contributed by atoms with Gasteiger partial charge < -0.3 is 19.5 Å². The summed E-state index contributed by atoms with van der Waals surface area (Å²) in [6.07, 6.45) is 1.48. The number of carbonyl (C=O) groups is 1. The molecule has 0 aromatic carbocycles. The summed E-state index contributed by atoms with van der Waals surface area (Å²) in [7, 11) is 0. The standard InChI is InChI=1S/C16H23N5O2/c1-11-10-20(15(22)23-16(2,3)4)8-9-21(11)14-18-12-6-5-7-17-13(12)19-14/h5-7,11H,8-10H2,1-4H3,(H,17,18,19). The van der Waals surface area contributed by atoms with Crippen LogP contribution in [0, 0.1) is 0 Å². The molecular formula is C16H23N5O2.